The Bertz CT molecular complexity index is 608. The SMILES string of the molecule is Cc1csc(CCl)c1S(=O)(=O)N1CCC(N2CCCC2)C1. The van der Waals surface area contributed by atoms with Crippen LogP contribution in [0.5, 0.6) is 0 Å². The molecule has 1 aromatic rings. The van der Waals surface area contributed by atoms with Gasteiger partial charge in [-0.25, -0.2) is 8.42 Å². The predicted molar refractivity (Wildman–Crippen MR) is 86.6 cm³/mol. The third-order valence-electron chi connectivity index (χ3n) is 4.49. The van der Waals surface area contributed by atoms with E-state index in [-0.39, 0.29) is 5.88 Å². The van der Waals surface area contributed by atoms with Gasteiger partial charge in [-0.2, -0.15) is 4.31 Å². The molecule has 0 amide bonds. The van der Waals surface area contributed by atoms with Crippen molar-refractivity contribution in [2.24, 2.45) is 0 Å². The molecular formula is C14H21ClN2O2S2. The molecule has 0 radical (unpaired) electrons. The van der Waals surface area contributed by atoms with E-state index in [1.807, 2.05) is 12.3 Å². The first-order valence-corrected chi connectivity index (χ1v) is 10.3. The second kappa shape index (κ2) is 6.16. The number of aryl methyl sites for hydroxylation is 1. The smallest absolute Gasteiger partial charge is 0.244 e. The van der Waals surface area contributed by atoms with Gasteiger partial charge in [-0.15, -0.1) is 22.9 Å². The first-order chi connectivity index (χ1) is 10.0. The Hall–Kier alpha value is -0.140. The quantitative estimate of drug-likeness (QED) is 0.785. The van der Waals surface area contributed by atoms with Crippen LogP contribution in [-0.4, -0.2) is 49.8 Å². The molecule has 0 bridgehead atoms. The largest absolute Gasteiger partial charge is 0.299 e. The standard InChI is InChI=1S/C14H21ClN2O2S2/c1-11-10-20-13(8-15)14(11)21(18,19)17-7-4-12(9-17)16-5-2-3-6-16/h10,12H,2-9H2,1H3. The predicted octanol–water partition coefficient (Wildman–Crippen LogP) is 2.65. The van der Waals surface area contributed by atoms with E-state index in [9.17, 15) is 8.42 Å². The molecule has 2 aliphatic rings. The Morgan fingerprint density at radius 2 is 2.05 bits per heavy atom. The normalized spacial score (nSPS) is 25.0. The van der Waals surface area contributed by atoms with Crippen molar-refractivity contribution in [2.75, 3.05) is 26.2 Å². The summed E-state index contributed by atoms with van der Waals surface area (Å²) in [6.07, 6.45) is 3.42. The minimum Gasteiger partial charge on any atom is -0.299 e. The van der Waals surface area contributed by atoms with Crippen molar-refractivity contribution in [3.8, 4) is 0 Å². The van der Waals surface area contributed by atoms with E-state index in [1.165, 1.54) is 24.2 Å². The van der Waals surface area contributed by atoms with Crippen molar-refractivity contribution in [1.82, 2.24) is 9.21 Å². The van der Waals surface area contributed by atoms with E-state index < -0.39 is 10.0 Å². The van der Waals surface area contributed by atoms with Crippen molar-refractivity contribution in [1.29, 1.82) is 0 Å². The van der Waals surface area contributed by atoms with Gasteiger partial charge in [0.05, 0.1) is 5.88 Å². The Balaban J connectivity index is 1.81. The van der Waals surface area contributed by atoms with Gasteiger partial charge in [0, 0.05) is 24.0 Å². The number of thiophene rings is 1. The number of rotatable bonds is 4. The zero-order valence-corrected chi connectivity index (χ0v) is 14.6. The van der Waals surface area contributed by atoms with Crippen LogP contribution in [0.25, 0.3) is 0 Å². The van der Waals surface area contributed by atoms with E-state index in [0.29, 0.717) is 24.0 Å². The fraction of sp³-hybridized carbons (Fsp3) is 0.714. The summed E-state index contributed by atoms with van der Waals surface area (Å²) in [6, 6.07) is 0.390. The highest BCUT2D eigenvalue weighted by Gasteiger charge is 2.37. The number of likely N-dealkylation sites (tertiary alicyclic amines) is 1. The lowest BCUT2D eigenvalue weighted by Gasteiger charge is -2.23. The van der Waals surface area contributed by atoms with E-state index >= 15 is 0 Å². The zero-order chi connectivity index (χ0) is 15.0. The van der Waals surface area contributed by atoms with Crippen molar-refractivity contribution in [2.45, 2.75) is 43.0 Å². The van der Waals surface area contributed by atoms with Crippen molar-refractivity contribution in [3.63, 3.8) is 0 Å². The van der Waals surface area contributed by atoms with E-state index in [0.717, 1.165) is 30.0 Å². The molecule has 3 heterocycles. The molecule has 0 aliphatic carbocycles. The highest BCUT2D eigenvalue weighted by Crippen LogP contribution is 2.33. The summed E-state index contributed by atoms with van der Waals surface area (Å²) in [5, 5.41) is 1.89. The molecule has 7 heteroatoms. The summed E-state index contributed by atoms with van der Waals surface area (Å²) in [5.41, 5.74) is 0.820. The van der Waals surface area contributed by atoms with Gasteiger partial charge in [-0.05, 0) is 50.2 Å². The average Bonchev–Trinajstić information content (AvgIpc) is 3.18. The van der Waals surface area contributed by atoms with E-state index in [1.54, 1.807) is 4.31 Å². The number of halogens is 1. The van der Waals surface area contributed by atoms with Crippen LogP contribution in [0.3, 0.4) is 0 Å². The third-order valence-corrected chi connectivity index (χ3v) is 8.25. The second-order valence-electron chi connectivity index (χ2n) is 5.85. The fourth-order valence-corrected chi connectivity index (χ4v) is 6.89. The van der Waals surface area contributed by atoms with Crippen LogP contribution < -0.4 is 0 Å². The molecule has 118 valence electrons. The molecule has 2 fully saturated rings. The van der Waals surface area contributed by atoms with Crippen LogP contribution >= 0.6 is 22.9 Å². The maximum absolute atomic E-state index is 12.9. The van der Waals surface area contributed by atoms with Gasteiger partial charge < -0.3 is 0 Å². The molecule has 1 aromatic heterocycles. The topological polar surface area (TPSA) is 40.6 Å². The number of sulfonamides is 1. The number of hydrogen-bond donors (Lipinski definition) is 0. The van der Waals surface area contributed by atoms with Crippen LogP contribution in [0.1, 0.15) is 29.7 Å². The minimum absolute atomic E-state index is 0.260. The molecule has 2 saturated heterocycles. The van der Waals surface area contributed by atoms with Gasteiger partial charge in [0.15, 0.2) is 0 Å². The van der Waals surface area contributed by atoms with Crippen LogP contribution in [0.4, 0.5) is 0 Å². The average molecular weight is 349 g/mol. The van der Waals surface area contributed by atoms with Crippen LogP contribution in [-0.2, 0) is 15.9 Å². The van der Waals surface area contributed by atoms with Crippen LogP contribution in [0.15, 0.2) is 10.3 Å². The van der Waals surface area contributed by atoms with Gasteiger partial charge in [-0.3, -0.25) is 4.90 Å². The first-order valence-electron chi connectivity index (χ1n) is 7.41. The first kappa shape index (κ1) is 15.7. The molecule has 1 atom stereocenters. The van der Waals surface area contributed by atoms with Gasteiger partial charge in [0.2, 0.25) is 10.0 Å². The van der Waals surface area contributed by atoms with Crippen molar-refractivity contribution in [3.05, 3.63) is 15.8 Å². The summed E-state index contributed by atoms with van der Waals surface area (Å²) in [5.74, 6) is 0.260. The van der Waals surface area contributed by atoms with Crippen LogP contribution in [0, 0.1) is 6.92 Å². The van der Waals surface area contributed by atoms with Gasteiger partial charge in [0.1, 0.15) is 4.90 Å². The molecule has 0 saturated carbocycles. The lowest BCUT2D eigenvalue weighted by molar-refractivity contribution is 0.251. The third kappa shape index (κ3) is 2.88. The van der Waals surface area contributed by atoms with Crippen LogP contribution in [0.2, 0.25) is 0 Å². The number of hydrogen-bond acceptors (Lipinski definition) is 4. The maximum Gasteiger partial charge on any atom is 0.244 e. The summed E-state index contributed by atoms with van der Waals surface area (Å²) in [6.45, 7) is 5.33. The molecule has 3 rings (SSSR count). The monoisotopic (exact) mass is 348 g/mol. The van der Waals surface area contributed by atoms with Crippen molar-refractivity contribution >= 4 is 33.0 Å². The zero-order valence-electron chi connectivity index (χ0n) is 12.2. The molecule has 0 aromatic carbocycles. The Kier molecular flexibility index (Phi) is 4.62. The summed E-state index contributed by atoms with van der Waals surface area (Å²) < 4.78 is 27.5. The van der Waals surface area contributed by atoms with Gasteiger partial charge >= 0.3 is 0 Å². The van der Waals surface area contributed by atoms with Gasteiger partial charge in [0.25, 0.3) is 0 Å². The number of nitrogens with zero attached hydrogens (tertiary/aromatic N) is 2. The molecule has 0 N–H and O–H groups in total. The molecule has 2 aliphatic heterocycles. The van der Waals surface area contributed by atoms with E-state index in [2.05, 4.69) is 4.90 Å². The molecule has 21 heavy (non-hydrogen) atoms. The lowest BCUT2D eigenvalue weighted by Crippen LogP contribution is -2.37. The molecule has 4 nitrogen and oxygen atoms in total. The summed E-state index contributed by atoms with van der Waals surface area (Å²) in [7, 11) is -3.40. The van der Waals surface area contributed by atoms with E-state index in [4.69, 9.17) is 11.6 Å². The fourth-order valence-electron chi connectivity index (χ4n) is 3.39. The molecule has 1 unspecified atom stereocenters. The lowest BCUT2D eigenvalue weighted by atomic mass is 10.2. The maximum atomic E-state index is 12.9. The van der Waals surface area contributed by atoms with Crippen molar-refractivity contribution < 1.29 is 8.42 Å². The Morgan fingerprint density at radius 3 is 2.71 bits per heavy atom. The molecule has 0 spiro atoms. The highest BCUT2D eigenvalue weighted by atomic mass is 35.5. The highest BCUT2D eigenvalue weighted by molar-refractivity contribution is 7.89. The number of alkyl halides is 1. The second-order valence-corrected chi connectivity index (χ2v) is 8.96. The Labute approximate surface area is 135 Å². The summed E-state index contributed by atoms with van der Waals surface area (Å²) in [4.78, 5) is 3.65. The Morgan fingerprint density at radius 1 is 1.33 bits per heavy atom. The summed E-state index contributed by atoms with van der Waals surface area (Å²) >= 11 is 7.35. The molecular weight excluding hydrogens is 328 g/mol. The minimum atomic E-state index is -3.40. The van der Waals surface area contributed by atoms with Gasteiger partial charge in [-0.1, -0.05) is 0 Å².